The highest BCUT2D eigenvalue weighted by Crippen LogP contribution is 2.46. The maximum Gasteiger partial charge on any atom is 0.341 e. The van der Waals surface area contributed by atoms with Crippen LogP contribution >= 0.6 is 11.3 Å². The van der Waals surface area contributed by atoms with Gasteiger partial charge in [-0.15, -0.1) is 11.3 Å². The van der Waals surface area contributed by atoms with E-state index in [2.05, 4.69) is 10.6 Å². The second kappa shape index (κ2) is 6.85. The van der Waals surface area contributed by atoms with Gasteiger partial charge >= 0.3 is 5.97 Å². The van der Waals surface area contributed by atoms with E-state index in [1.54, 1.807) is 6.92 Å². The van der Waals surface area contributed by atoms with Crippen molar-refractivity contribution in [1.82, 2.24) is 5.32 Å². The van der Waals surface area contributed by atoms with Crippen LogP contribution in [0.4, 0.5) is 5.00 Å². The lowest BCUT2D eigenvalue weighted by Crippen LogP contribution is -2.28. The van der Waals surface area contributed by atoms with Crippen LogP contribution in [-0.2, 0) is 9.53 Å². The maximum atomic E-state index is 12.1. The van der Waals surface area contributed by atoms with Gasteiger partial charge in [-0.2, -0.15) is 0 Å². The Labute approximate surface area is 122 Å². The number of ether oxygens (including phenoxy) is 1. The highest BCUT2D eigenvalue weighted by atomic mass is 32.1. The molecule has 1 amide bonds. The average Bonchev–Trinajstić information content (AvgIpc) is 3.18. The third-order valence-corrected chi connectivity index (χ3v) is 4.02. The van der Waals surface area contributed by atoms with E-state index in [9.17, 15) is 9.59 Å². The molecule has 0 radical (unpaired) electrons. The highest BCUT2D eigenvalue weighted by Gasteiger charge is 2.32. The molecule has 0 aliphatic heterocycles. The second-order valence-corrected chi connectivity index (χ2v) is 5.60. The van der Waals surface area contributed by atoms with Gasteiger partial charge in [0.15, 0.2) is 0 Å². The maximum absolute atomic E-state index is 12.1. The fourth-order valence-corrected chi connectivity index (χ4v) is 3.03. The van der Waals surface area contributed by atoms with Gasteiger partial charge in [-0.25, -0.2) is 4.79 Å². The highest BCUT2D eigenvalue weighted by molar-refractivity contribution is 7.15. The Kier molecular flexibility index (Phi) is 5.14. The van der Waals surface area contributed by atoms with Crippen LogP contribution in [0.2, 0.25) is 0 Å². The molecule has 6 heteroatoms. The van der Waals surface area contributed by atoms with Crippen molar-refractivity contribution in [3.8, 4) is 0 Å². The van der Waals surface area contributed by atoms with Gasteiger partial charge in [-0.3, -0.25) is 4.79 Å². The zero-order valence-electron chi connectivity index (χ0n) is 11.8. The van der Waals surface area contributed by atoms with E-state index in [-0.39, 0.29) is 18.4 Å². The number of carbonyl (C=O) groups excluding carboxylic acids is 2. The molecule has 0 aromatic carbocycles. The van der Waals surface area contributed by atoms with Crippen molar-refractivity contribution in [2.24, 2.45) is 0 Å². The van der Waals surface area contributed by atoms with Gasteiger partial charge in [0.05, 0.1) is 18.7 Å². The first kappa shape index (κ1) is 15.0. The third-order valence-electron chi connectivity index (χ3n) is 3.10. The molecule has 0 atom stereocenters. The van der Waals surface area contributed by atoms with Crippen molar-refractivity contribution in [2.45, 2.75) is 32.6 Å². The molecule has 2 rings (SSSR count). The molecule has 1 fully saturated rings. The first-order valence-corrected chi connectivity index (χ1v) is 7.84. The summed E-state index contributed by atoms with van der Waals surface area (Å²) >= 11 is 1.40. The lowest BCUT2D eigenvalue weighted by molar-refractivity contribution is -0.115. The fourth-order valence-electron chi connectivity index (χ4n) is 1.98. The summed E-state index contributed by atoms with van der Waals surface area (Å²) in [5.74, 6) is -0.0268. The number of carbonyl (C=O) groups is 2. The summed E-state index contributed by atoms with van der Waals surface area (Å²) in [4.78, 5) is 23.9. The second-order valence-electron chi connectivity index (χ2n) is 4.72. The first-order valence-electron chi connectivity index (χ1n) is 6.96. The van der Waals surface area contributed by atoms with Crippen LogP contribution in [0.3, 0.4) is 0 Å². The van der Waals surface area contributed by atoms with Crippen molar-refractivity contribution < 1.29 is 14.3 Å². The largest absolute Gasteiger partial charge is 0.462 e. The summed E-state index contributed by atoms with van der Waals surface area (Å²) in [5, 5.41) is 8.33. The van der Waals surface area contributed by atoms with E-state index in [1.807, 2.05) is 12.3 Å². The summed E-state index contributed by atoms with van der Waals surface area (Å²) in [7, 11) is 0. The number of likely N-dealkylation sites (N-methyl/N-ethyl adjacent to an activating group) is 1. The number of hydrogen-bond donors (Lipinski definition) is 2. The summed E-state index contributed by atoms with van der Waals surface area (Å²) < 4.78 is 5.11. The van der Waals surface area contributed by atoms with E-state index < -0.39 is 0 Å². The van der Waals surface area contributed by atoms with Crippen LogP contribution in [0.15, 0.2) is 5.38 Å². The number of thiophene rings is 1. The van der Waals surface area contributed by atoms with Gasteiger partial charge in [0.2, 0.25) is 5.91 Å². The van der Waals surface area contributed by atoms with Crippen LogP contribution in [0.1, 0.15) is 48.5 Å². The first-order chi connectivity index (χ1) is 9.67. The Hall–Kier alpha value is -1.40. The van der Waals surface area contributed by atoms with Crippen LogP contribution in [0, 0.1) is 0 Å². The Morgan fingerprint density at radius 2 is 2.15 bits per heavy atom. The fraction of sp³-hybridized carbons (Fsp3) is 0.571. The normalized spacial score (nSPS) is 14.1. The van der Waals surface area contributed by atoms with Crippen molar-refractivity contribution in [3.63, 3.8) is 0 Å². The van der Waals surface area contributed by atoms with Crippen LogP contribution in [0.25, 0.3) is 0 Å². The zero-order chi connectivity index (χ0) is 14.5. The Bertz CT molecular complexity index is 495. The number of hydrogen-bond acceptors (Lipinski definition) is 5. The minimum absolute atomic E-state index is 0.137. The monoisotopic (exact) mass is 296 g/mol. The molecular weight excluding hydrogens is 276 g/mol. The molecule has 0 bridgehead atoms. The lowest BCUT2D eigenvalue weighted by atomic mass is 10.1. The summed E-state index contributed by atoms with van der Waals surface area (Å²) in [6.07, 6.45) is 2.21. The molecule has 1 aliphatic carbocycles. The zero-order valence-corrected chi connectivity index (χ0v) is 12.6. The van der Waals surface area contributed by atoms with Crippen molar-refractivity contribution in [1.29, 1.82) is 0 Å². The molecule has 0 saturated heterocycles. The predicted molar refractivity (Wildman–Crippen MR) is 79.4 cm³/mol. The van der Waals surface area contributed by atoms with Crippen LogP contribution < -0.4 is 10.6 Å². The Balaban J connectivity index is 2.15. The Morgan fingerprint density at radius 1 is 1.40 bits per heavy atom. The van der Waals surface area contributed by atoms with Gasteiger partial charge in [-0.1, -0.05) is 6.92 Å². The van der Waals surface area contributed by atoms with Crippen molar-refractivity contribution in [3.05, 3.63) is 16.5 Å². The van der Waals surface area contributed by atoms with Gasteiger partial charge in [0.1, 0.15) is 5.00 Å². The van der Waals surface area contributed by atoms with Crippen LogP contribution in [-0.4, -0.2) is 31.6 Å². The summed E-state index contributed by atoms with van der Waals surface area (Å²) in [5.41, 5.74) is 1.57. The molecule has 1 aromatic heterocycles. The molecule has 0 spiro atoms. The van der Waals surface area contributed by atoms with Gasteiger partial charge in [-0.05, 0) is 43.2 Å². The van der Waals surface area contributed by atoms with Gasteiger partial charge in [0, 0.05) is 0 Å². The van der Waals surface area contributed by atoms with Crippen molar-refractivity contribution in [2.75, 3.05) is 25.0 Å². The quantitative estimate of drug-likeness (QED) is 0.758. The Morgan fingerprint density at radius 3 is 2.75 bits per heavy atom. The van der Waals surface area contributed by atoms with E-state index in [4.69, 9.17) is 4.74 Å². The standard InChI is InChI=1S/C14H20N2O3S/c1-3-15-7-11(17)16-13-12(14(18)19-4-2)10(8-20-13)9-5-6-9/h8-9,15H,3-7H2,1-2H3,(H,16,17). The van der Waals surface area contributed by atoms with Crippen LogP contribution in [0.5, 0.6) is 0 Å². The third kappa shape index (κ3) is 3.58. The van der Waals surface area contributed by atoms with Crippen molar-refractivity contribution >= 4 is 28.2 Å². The van der Waals surface area contributed by atoms with E-state index in [0.717, 1.165) is 24.9 Å². The minimum Gasteiger partial charge on any atom is -0.462 e. The van der Waals surface area contributed by atoms with E-state index >= 15 is 0 Å². The van der Waals surface area contributed by atoms with E-state index in [1.165, 1.54) is 11.3 Å². The predicted octanol–water partition coefficient (Wildman–Crippen LogP) is 2.35. The number of anilines is 1. The molecule has 1 heterocycles. The number of esters is 1. The summed E-state index contributed by atoms with van der Waals surface area (Å²) in [6.45, 7) is 5.03. The topological polar surface area (TPSA) is 67.4 Å². The number of amides is 1. The molecule has 2 N–H and O–H groups in total. The molecule has 0 unspecified atom stereocenters. The molecule has 20 heavy (non-hydrogen) atoms. The molecule has 110 valence electrons. The number of nitrogens with one attached hydrogen (secondary N) is 2. The average molecular weight is 296 g/mol. The SMILES string of the molecule is CCNCC(=O)Nc1scc(C2CC2)c1C(=O)OCC. The van der Waals surface area contributed by atoms with Gasteiger partial charge < -0.3 is 15.4 Å². The van der Waals surface area contributed by atoms with Gasteiger partial charge in [0.25, 0.3) is 0 Å². The molecule has 1 aromatic rings. The molecule has 5 nitrogen and oxygen atoms in total. The smallest absolute Gasteiger partial charge is 0.341 e. The minimum atomic E-state index is -0.339. The molecule has 1 saturated carbocycles. The lowest BCUT2D eigenvalue weighted by Gasteiger charge is -2.08. The summed E-state index contributed by atoms with van der Waals surface area (Å²) in [6, 6.07) is 0. The van der Waals surface area contributed by atoms with E-state index in [0.29, 0.717) is 23.1 Å². The number of rotatable bonds is 7. The molecular formula is C14H20N2O3S. The molecule has 1 aliphatic rings.